The minimum absolute atomic E-state index is 0.0664. The SMILES string of the molecule is CCC(C(=O)O)C(CCCC(C)(C)C)C(C)(C)C. The molecule has 0 aliphatic heterocycles. The third kappa shape index (κ3) is 6.42. The second kappa shape index (κ2) is 6.58. The van der Waals surface area contributed by atoms with Crippen molar-refractivity contribution in [1.82, 2.24) is 0 Å². The van der Waals surface area contributed by atoms with E-state index in [9.17, 15) is 9.90 Å². The second-order valence-electron chi connectivity index (χ2n) is 7.78. The van der Waals surface area contributed by atoms with Crippen LogP contribution < -0.4 is 0 Å². The van der Waals surface area contributed by atoms with Gasteiger partial charge in [0.25, 0.3) is 0 Å². The lowest BCUT2D eigenvalue weighted by atomic mass is 9.69. The molecule has 2 heteroatoms. The molecule has 0 amide bonds. The number of carboxylic acid groups (broad SMARTS) is 1. The van der Waals surface area contributed by atoms with Crippen molar-refractivity contribution >= 4 is 5.97 Å². The van der Waals surface area contributed by atoms with Crippen LogP contribution in [0.15, 0.2) is 0 Å². The number of hydrogen-bond acceptors (Lipinski definition) is 1. The number of carboxylic acids is 1. The first-order valence-corrected chi connectivity index (χ1v) is 7.22. The summed E-state index contributed by atoms with van der Waals surface area (Å²) in [7, 11) is 0. The standard InChI is InChI=1S/C16H32O2/c1-8-12(14(17)18)13(16(5,6)7)10-9-11-15(2,3)4/h12-13H,8-11H2,1-7H3,(H,17,18). The van der Waals surface area contributed by atoms with Gasteiger partial charge in [0.1, 0.15) is 0 Å². The molecule has 0 aliphatic rings. The highest BCUT2D eigenvalue weighted by Gasteiger charge is 2.35. The second-order valence-corrected chi connectivity index (χ2v) is 7.78. The Bertz CT molecular complexity index is 255. The van der Waals surface area contributed by atoms with Gasteiger partial charge in [-0.3, -0.25) is 4.79 Å². The molecule has 0 aromatic carbocycles. The summed E-state index contributed by atoms with van der Waals surface area (Å²) in [6, 6.07) is 0. The van der Waals surface area contributed by atoms with Crippen LogP contribution in [0.5, 0.6) is 0 Å². The zero-order chi connectivity index (χ0) is 14.6. The van der Waals surface area contributed by atoms with Crippen LogP contribution in [0, 0.1) is 22.7 Å². The van der Waals surface area contributed by atoms with Crippen molar-refractivity contribution in [3.8, 4) is 0 Å². The van der Waals surface area contributed by atoms with Crippen molar-refractivity contribution in [2.24, 2.45) is 22.7 Å². The van der Waals surface area contributed by atoms with Crippen molar-refractivity contribution in [2.45, 2.75) is 74.1 Å². The molecule has 0 aromatic heterocycles. The Labute approximate surface area is 113 Å². The molecule has 108 valence electrons. The van der Waals surface area contributed by atoms with Crippen LogP contribution in [-0.4, -0.2) is 11.1 Å². The van der Waals surface area contributed by atoms with E-state index >= 15 is 0 Å². The first-order valence-electron chi connectivity index (χ1n) is 7.22. The summed E-state index contributed by atoms with van der Waals surface area (Å²) in [5.41, 5.74) is 0.407. The maximum Gasteiger partial charge on any atom is 0.306 e. The van der Waals surface area contributed by atoms with E-state index in [2.05, 4.69) is 41.5 Å². The average molecular weight is 256 g/mol. The summed E-state index contributed by atoms with van der Waals surface area (Å²) in [5, 5.41) is 9.37. The molecule has 1 N–H and O–H groups in total. The molecule has 0 saturated heterocycles. The van der Waals surface area contributed by atoms with E-state index in [4.69, 9.17) is 0 Å². The minimum atomic E-state index is -0.631. The van der Waals surface area contributed by atoms with Crippen LogP contribution in [0.25, 0.3) is 0 Å². The predicted octanol–water partition coefficient (Wildman–Crippen LogP) is 4.98. The van der Waals surface area contributed by atoms with E-state index in [0.717, 1.165) is 25.7 Å². The Morgan fingerprint density at radius 3 is 1.89 bits per heavy atom. The highest BCUT2D eigenvalue weighted by Crippen LogP contribution is 2.38. The molecule has 18 heavy (non-hydrogen) atoms. The summed E-state index contributed by atoms with van der Waals surface area (Å²) in [4.78, 5) is 11.4. The number of aliphatic carboxylic acids is 1. The molecule has 2 nitrogen and oxygen atoms in total. The van der Waals surface area contributed by atoms with Gasteiger partial charge in [-0.05, 0) is 36.0 Å². The highest BCUT2D eigenvalue weighted by atomic mass is 16.4. The average Bonchev–Trinajstić information content (AvgIpc) is 2.12. The quantitative estimate of drug-likeness (QED) is 0.728. The molecule has 0 fully saturated rings. The third-order valence-corrected chi connectivity index (χ3v) is 3.80. The Morgan fingerprint density at radius 2 is 1.61 bits per heavy atom. The summed E-state index contributed by atoms with van der Waals surface area (Å²) in [5.74, 6) is -0.569. The Hall–Kier alpha value is -0.530. The normalized spacial score (nSPS) is 16.4. The maximum absolute atomic E-state index is 11.4. The molecule has 0 spiro atoms. The van der Waals surface area contributed by atoms with E-state index in [1.165, 1.54) is 0 Å². The van der Waals surface area contributed by atoms with Crippen molar-refractivity contribution in [2.75, 3.05) is 0 Å². The topological polar surface area (TPSA) is 37.3 Å². The molecular weight excluding hydrogens is 224 g/mol. The van der Waals surface area contributed by atoms with Crippen molar-refractivity contribution in [3.63, 3.8) is 0 Å². The fourth-order valence-corrected chi connectivity index (χ4v) is 2.72. The van der Waals surface area contributed by atoms with E-state index in [1.807, 2.05) is 6.92 Å². The van der Waals surface area contributed by atoms with Gasteiger partial charge >= 0.3 is 5.97 Å². The lowest BCUT2D eigenvalue weighted by Crippen LogP contribution is -2.33. The Morgan fingerprint density at radius 1 is 1.11 bits per heavy atom. The van der Waals surface area contributed by atoms with Crippen molar-refractivity contribution in [1.29, 1.82) is 0 Å². The first-order chi connectivity index (χ1) is 7.99. The van der Waals surface area contributed by atoms with Crippen LogP contribution in [-0.2, 0) is 4.79 Å². The lowest BCUT2D eigenvalue weighted by Gasteiger charge is -2.35. The van der Waals surface area contributed by atoms with E-state index in [0.29, 0.717) is 5.41 Å². The zero-order valence-corrected chi connectivity index (χ0v) is 13.3. The fraction of sp³-hybridized carbons (Fsp3) is 0.938. The van der Waals surface area contributed by atoms with Gasteiger partial charge in [0, 0.05) is 0 Å². The minimum Gasteiger partial charge on any atom is -0.481 e. The first kappa shape index (κ1) is 17.5. The molecule has 0 heterocycles. The van der Waals surface area contributed by atoms with Gasteiger partial charge in [-0.1, -0.05) is 54.9 Å². The summed E-state index contributed by atoms with van der Waals surface area (Å²) < 4.78 is 0. The molecule has 2 atom stereocenters. The van der Waals surface area contributed by atoms with Crippen molar-refractivity contribution in [3.05, 3.63) is 0 Å². The predicted molar refractivity (Wildman–Crippen MR) is 77.7 cm³/mol. The summed E-state index contributed by atoms with van der Waals surface area (Å²) >= 11 is 0. The van der Waals surface area contributed by atoms with Crippen LogP contribution in [0.1, 0.15) is 74.1 Å². The maximum atomic E-state index is 11.4. The zero-order valence-electron chi connectivity index (χ0n) is 13.3. The number of carbonyl (C=O) groups is 1. The molecule has 0 rings (SSSR count). The Balaban J connectivity index is 4.66. The third-order valence-electron chi connectivity index (χ3n) is 3.80. The van der Waals surface area contributed by atoms with Gasteiger partial charge in [-0.15, -0.1) is 0 Å². The Kier molecular flexibility index (Phi) is 6.39. The summed E-state index contributed by atoms with van der Waals surface area (Å²) in [6.45, 7) is 15.2. The van der Waals surface area contributed by atoms with E-state index in [1.54, 1.807) is 0 Å². The van der Waals surface area contributed by atoms with Crippen LogP contribution in [0.3, 0.4) is 0 Å². The summed E-state index contributed by atoms with van der Waals surface area (Å²) in [6.07, 6.45) is 4.03. The van der Waals surface area contributed by atoms with Gasteiger partial charge in [0.2, 0.25) is 0 Å². The van der Waals surface area contributed by atoms with Crippen LogP contribution in [0.4, 0.5) is 0 Å². The van der Waals surface area contributed by atoms with Gasteiger partial charge in [0.15, 0.2) is 0 Å². The van der Waals surface area contributed by atoms with Gasteiger partial charge in [-0.25, -0.2) is 0 Å². The molecular formula is C16H32O2. The van der Waals surface area contributed by atoms with Crippen molar-refractivity contribution < 1.29 is 9.90 Å². The largest absolute Gasteiger partial charge is 0.481 e. The molecule has 0 aliphatic carbocycles. The number of rotatable bonds is 6. The van der Waals surface area contributed by atoms with Crippen LogP contribution in [0.2, 0.25) is 0 Å². The number of hydrogen-bond donors (Lipinski definition) is 1. The van der Waals surface area contributed by atoms with Gasteiger partial charge in [0.05, 0.1) is 5.92 Å². The van der Waals surface area contributed by atoms with Gasteiger partial charge < -0.3 is 5.11 Å². The van der Waals surface area contributed by atoms with Gasteiger partial charge in [-0.2, -0.15) is 0 Å². The smallest absolute Gasteiger partial charge is 0.306 e. The van der Waals surface area contributed by atoms with Crippen LogP contribution >= 0.6 is 0 Å². The molecule has 0 aromatic rings. The highest BCUT2D eigenvalue weighted by molar-refractivity contribution is 5.70. The molecule has 0 radical (unpaired) electrons. The molecule has 0 bridgehead atoms. The fourth-order valence-electron chi connectivity index (χ4n) is 2.72. The lowest BCUT2D eigenvalue weighted by molar-refractivity contribution is -0.145. The van der Waals surface area contributed by atoms with E-state index in [-0.39, 0.29) is 17.3 Å². The van der Waals surface area contributed by atoms with E-state index < -0.39 is 5.97 Å². The monoisotopic (exact) mass is 256 g/mol. The molecule has 0 saturated carbocycles. The molecule has 2 unspecified atom stereocenters.